The molecular weight excluding hydrogens is 306 g/mol. The number of benzene rings is 2. The van der Waals surface area contributed by atoms with Crippen LogP contribution in [0.5, 0.6) is 0 Å². The van der Waals surface area contributed by atoms with Crippen LogP contribution in [0.2, 0.25) is 0 Å². The van der Waals surface area contributed by atoms with Crippen LogP contribution < -0.4 is 5.49 Å². The third kappa shape index (κ3) is 2.56. The highest BCUT2D eigenvalue weighted by atomic mass is 32.1. The molecule has 0 aliphatic rings. The molecule has 0 bridgehead atoms. The van der Waals surface area contributed by atoms with Crippen molar-refractivity contribution >= 4 is 22.2 Å². The topological polar surface area (TPSA) is 73.2 Å². The average Bonchev–Trinajstić information content (AvgIpc) is 3.10. The monoisotopic (exact) mass is 321 g/mol. The number of hydrogen-bond donors (Lipinski definition) is 1. The second-order valence-electron chi connectivity index (χ2n) is 4.95. The minimum absolute atomic E-state index is 0. The van der Waals surface area contributed by atoms with Gasteiger partial charge in [-0.3, -0.25) is 9.98 Å². The number of nitrogens with one attached hydrogen (secondary N) is 1. The standard InChI is InChI=1S/C18H13N3S.H2O/c19-17-14-9-4-5-10-15(14)20-18(16-11-6-12-22-16)21(17)13-7-2-1-3-8-13;/h1-12,19H;1H2. The molecule has 4 rings (SSSR count). The number of fused-ring (bicyclic) bond motifs is 1. The van der Waals surface area contributed by atoms with E-state index in [1.165, 1.54) is 0 Å². The Bertz CT molecular complexity index is 992. The largest absolute Gasteiger partial charge is 0.412 e. The Morgan fingerprint density at radius 3 is 2.35 bits per heavy atom. The van der Waals surface area contributed by atoms with Gasteiger partial charge in [0.05, 0.1) is 10.4 Å². The van der Waals surface area contributed by atoms with Crippen molar-refractivity contribution in [2.24, 2.45) is 0 Å². The van der Waals surface area contributed by atoms with E-state index in [9.17, 15) is 0 Å². The summed E-state index contributed by atoms with van der Waals surface area (Å²) in [6, 6.07) is 21.8. The van der Waals surface area contributed by atoms with Crippen LogP contribution in [0, 0.1) is 5.41 Å². The number of hydrogen-bond acceptors (Lipinski definition) is 3. The maximum atomic E-state index is 8.65. The van der Waals surface area contributed by atoms with Gasteiger partial charge in [-0.05, 0) is 35.7 Å². The molecule has 3 N–H and O–H groups in total. The maximum absolute atomic E-state index is 8.65. The molecule has 0 spiro atoms. The molecule has 114 valence electrons. The first-order valence-corrected chi connectivity index (χ1v) is 7.88. The molecule has 0 radical (unpaired) electrons. The lowest BCUT2D eigenvalue weighted by atomic mass is 10.2. The summed E-state index contributed by atoms with van der Waals surface area (Å²) in [7, 11) is 0. The number of para-hydroxylation sites is 2. The van der Waals surface area contributed by atoms with Gasteiger partial charge in [0, 0.05) is 11.1 Å². The van der Waals surface area contributed by atoms with E-state index in [-0.39, 0.29) is 5.48 Å². The minimum atomic E-state index is 0. The summed E-state index contributed by atoms with van der Waals surface area (Å²) in [5.41, 5.74) is 2.26. The van der Waals surface area contributed by atoms with Crippen molar-refractivity contribution in [3.8, 4) is 16.4 Å². The molecule has 4 aromatic rings. The van der Waals surface area contributed by atoms with Gasteiger partial charge in [-0.25, -0.2) is 4.98 Å². The third-order valence-corrected chi connectivity index (χ3v) is 4.44. The first kappa shape index (κ1) is 15.1. The molecule has 2 aromatic carbocycles. The molecule has 0 aliphatic heterocycles. The van der Waals surface area contributed by atoms with Gasteiger partial charge in [-0.2, -0.15) is 0 Å². The highest BCUT2D eigenvalue weighted by Gasteiger charge is 2.12. The molecule has 4 nitrogen and oxygen atoms in total. The lowest BCUT2D eigenvalue weighted by molar-refractivity contribution is 0.824. The van der Waals surface area contributed by atoms with E-state index in [1.807, 2.05) is 76.7 Å². The molecule has 0 amide bonds. The van der Waals surface area contributed by atoms with E-state index < -0.39 is 0 Å². The van der Waals surface area contributed by atoms with Crippen LogP contribution in [0.25, 0.3) is 27.3 Å². The summed E-state index contributed by atoms with van der Waals surface area (Å²) in [6.07, 6.45) is 0. The normalized spacial score (nSPS) is 10.4. The zero-order valence-corrected chi connectivity index (χ0v) is 13.0. The summed E-state index contributed by atoms with van der Waals surface area (Å²) in [5, 5.41) is 11.5. The van der Waals surface area contributed by atoms with Gasteiger partial charge < -0.3 is 5.48 Å². The molecule has 0 unspecified atom stereocenters. The van der Waals surface area contributed by atoms with Crippen LogP contribution in [0.1, 0.15) is 0 Å². The van der Waals surface area contributed by atoms with Crippen LogP contribution in [-0.4, -0.2) is 15.0 Å². The highest BCUT2D eigenvalue weighted by Crippen LogP contribution is 2.25. The quantitative estimate of drug-likeness (QED) is 0.603. The SMILES string of the molecule is N=c1c2ccccc2nc(-c2cccs2)n1-c1ccccc1.O. The first-order chi connectivity index (χ1) is 10.8. The fourth-order valence-electron chi connectivity index (χ4n) is 2.56. The molecular formula is C18H15N3OS. The molecule has 0 saturated carbocycles. The number of rotatable bonds is 2. The van der Waals surface area contributed by atoms with E-state index in [4.69, 9.17) is 10.4 Å². The molecule has 2 aromatic heterocycles. The van der Waals surface area contributed by atoms with Crippen LogP contribution in [0.3, 0.4) is 0 Å². The van der Waals surface area contributed by atoms with Crippen LogP contribution >= 0.6 is 11.3 Å². The lowest BCUT2D eigenvalue weighted by Gasteiger charge is -2.14. The molecule has 0 fully saturated rings. The Balaban J connectivity index is 0.00000156. The Kier molecular flexibility index (Phi) is 4.06. The fourth-order valence-corrected chi connectivity index (χ4v) is 3.26. The van der Waals surface area contributed by atoms with Crippen LogP contribution in [0.4, 0.5) is 0 Å². The molecule has 0 saturated heterocycles. The highest BCUT2D eigenvalue weighted by molar-refractivity contribution is 7.13. The summed E-state index contributed by atoms with van der Waals surface area (Å²) in [4.78, 5) is 5.87. The van der Waals surface area contributed by atoms with E-state index >= 15 is 0 Å². The zero-order valence-electron chi connectivity index (χ0n) is 12.2. The first-order valence-electron chi connectivity index (χ1n) is 7.00. The van der Waals surface area contributed by atoms with E-state index in [1.54, 1.807) is 11.3 Å². The Hall–Kier alpha value is -2.76. The van der Waals surface area contributed by atoms with Crippen molar-refractivity contribution in [3.63, 3.8) is 0 Å². The minimum Gasteiger partial charge on any atom is -0.412 e. The van der Waals surface area contributed by atoms with Crippen molar-refractivity contribution in [1.82, 2.24) is 9.55 Å². The van der Waals surface area contributed by atoms with Gasteiger partial charge in [0.2, 0.25) is 0 Å². The summed E-state index contributed by atoms with van der Waals surface area (Å²) in [6.45, 7) is 0. The predicted molar refractivity (Wildman–Crippen MR) is 93.9 cm³/mol. The smallest absolute Gasteiger partial charge is 0.156 e. The maximum Gasteiger partial charge on any atom is 0.156 e. The second kappa shape index (κ2) is 6.16. The Morgan fingerprint density at radius 1 is 0.870 bits per heavy atom. The fraction of sp³-hybridized carbons (Fsp3) is 0. The van der Waals surface area contributed by atoms with Crippen LogP contribution in [0.15, 0.2) is 72.1 Å². The number of thiophene rings is 1. The lowest BCUT2D eigenvalue weighted by Crippen LogP contribution is -2.21. The van der Waals surface area contributed by atoms with E-state index in [0.29, 0.717) is 5.49 Å². The Labute approximate surface area is 137 Å². The van der Waals surface area contributed by atoms with E-state index in [2.05, 4.69) is 0 Å². The average molecular weight is 321 g/mol. The number of nitrogens with zero attached hydrogens (tertiary/aromatic N) is 2. The van der Waals surface area contributed by atoms with Crippen molar-refractivity contribution in [2.45, 2.75) is 0 Å². The van der Waals surface area contributed by atoms with Gasteiger partial charge in [0.15, 0.2) is 5.82 Å². The van der Waals surface area contributed by atoms with Crippen molar-refractivity contribution in [1.29, 1.82) is 5.41 Å². The van der Waals surface area contributed by atoms with Gasteiger partial charge in [-0.15, -0.1) is 11.3 Å². The second-order valence-corrected chi connectivity index (χ2v) is 5.90. The van der Waals surface area contributed by atoms with Crippen LogP contribution in [-0.2, 0) is 0 Å². The molecule has 2 heterocycles. The van der Waals surface area contributed by atoms with Gasteiger partial charge in [-0.1, -0.05) is 36.4 Å². The molecule has 0 atom stereocenters. The summed E-state index contributed by atoms with van der Waals surface area (Å²) in [5.74, 6) is 0.810. The molecule has 5 heteroatoms. The van der Waals surface area contributed by atoms with Gasteiger partial charge in [0.1, 0.15) is 5.49 Å². The number of aromatic nitrogens is 2. The van der Waals surface area contributed by atoms with Gasteiger partial charge in [0.25, 0.3) is 0 Å². The van der Waals surface area contributed by atoms with Gasteiger partial charge >= 0.3 is 0 Å². The molecule has 0 aliphatic carbocycles. The zero-order chi connectivity index (χ0) is 14.9. The predicted octanol–water partition coefficient (Wildman–Crippen LogP) is 3.41. The third-order valence-electron chi connectivity index (χ3n) is 3.58. The van der Waals surface area contributed by atoms with E-state index in [0.717, 1.165) is 27.3 Å². The van der Waals surface area contributed by atoms with Crippen molar-refractivity contribution < 1.29 is 5.48 Å². The van der Waals surface area contributed by atoms with Crippen molar-refractivity contribution in [3.05, 3.63) is 77.6 Å². The van der Waals surface area contributed by atoms with Crippen molar-refractivity contribution in [2.75, 3.05) is 0 Å². The molecule has 23 heavy (non-hydrogen) atoms. The Morgan fingerprint density at radius 2 is 1.61 bits per heavy atom. The summed E-state index contributed by atoms with van der Waals surface area (Å²) >= 11 is 1.64. The summed E-state index contributed by atoms with van der Waals surface area (Å²) < 4.78 is 1.91.